The van der Waals surface area contributed by atoms with Gasteiger partial charge in [-0.3, -0.25) is 0 Å². The highest BCUT2D eigenvalue weighted by Gasteiger charge is 2.43. The maximum absolute atomic E-state index is 5.80. The molecule has 0 aromatic heterocycles. The van der Waals surface area contributed by atoms with E-state index in [9.17, 15) is 0 Å². The lowest BCUT2D eigenvalue weighted by Gasteiger charge is -2.48. The van der Waals surface area contributed by atoms with Crippen LogP contribution in [-0.2, 0) is 4.52 Å². The van der Waals surface area contributed by atoms with E-state index in [4.69, 9.17) is 4.52 Å². The van der Waals surface area contributed by atoms with Gasteiger partial charge < -0.3 is 4.52 Å². The van der Waals surface area contributed by atoms with E-state index in [1.165, 1.54) is 37.7 Å². The summed E-state index contributed by atoms with van der Waals surface area (Å²) in [6, 6.07) is 0. The van der Waals surface area contributed by atoms with Crippen molar-refractivity contribution in [3.8, 4) is 0 Å². The third-order valence-electron chi connectivity index (χ3n) is 2.88. The van der Waals surface area contributed by atoms with Gasteiger partial charge in [0.2, 0.25) is 0 Å². The zero-order valence-electron chi connectivity index (χ0n) is 6.05. The molecule has 10 heavy (non-hydrogen) atoms. The van der Waals surface area contributed by atoms with E-state index in [2.05, 4.69) is 0 Å². The largest absolute Gasteiger partial charge is 0.350 e. The predicted octanol–water partition coefficient (Wildman–Crippen LogP) is 2.38. The van der Waals surface area contributed by atoms with Crippen molar-refractivity contribution in [3.05, 3.63) is 6.10 Å². The smallest absolute Gasteiger partial charge is 0.102 e. The first-order valence-corrected chi connectivity index (χ1v) is 5.81. The van der Waals surface area contributed by atoms with Crippen molar-refractivity contribution < 1.29 is 4.52 Å². The molecule has 1 saturated carbocycles. The Morgan fingerprint density at radius 2 is 1.90 bits per heavy atom. The van der Waals surface area contributed by atoms with E-state index in [0.29, 0.717) is 0 Å². The molecule has 4 aliphatic rings. The van der Waals surface area contributed by atoms with Gasteiger partial charge in [0.05, 0.1) is 0 Å². The molecule has 1 nitrogen and oxygen atoms in total. The number of rotatable bonds is 0. The summed E-state index contributed by atoms with van der Waals surface area (Å²) in [7, 11) is 0.0513. The van der Waals surface area contributed by atoms with Gasteiger partial charge in [-0.1, -0.05) is 0 Å². The lowest BCUT2D eigenvalue weighted by Crippen LogP contribution is -2.36. The van der Waals surface area contributed by atoms with Gasteiger partial charge in [-0.25, -0.2) is 0 Å². The minimum atomic E-state index is 0.0513. The molecule has 0 aromatic carbocycles. The van der Waals surface area contributed by atoms with Crippen LogP contribution in [0.5, 0.6) is 0 Å². The van der Waals surface area contributed by atoms with E-state index in [-0.39, 0.29) is 8.15 Å². The zero-order valence-corrected chi connectivity index (χ0v) is 6.94. The molecule has 55 valence electrons. The van der Waals surface area contributed by atoms with Crippen LogP contribution in [0.1, 0.15) is 19.3 Å². The van der Waals surface area contributed by atoms with Crippen molar-refractivity contribution in [1.29, 1.82) is 0 Å². The van der Waals surface area contributed by atoms with Crippen LogP contribution in [0.25, 0.3) is 0 Å². The molecule has 1 radical (unpaired) electrons. The fraction of sp³-hybridized carbons (Fsp3) is 0.875. The van der Waals surface area contributed by atoms with Crippen molar-refractivity contribution in [2.45, 2.75) is 19.3 Å². The maximum Gasteiger partial charge on any atom is 0.102 e. The molecule has 0 spiro atoms. The van der Waals surface area contributed by atoms with Crippen LogP contribution in [0.15, 0.2) is 0 Å². The van der Waals surface area contributed by atoms with Gasteiger partial charge in [0.25, 0.3) is 0 Å². The van der Waals surface area contributed by atoms with Crippen LogP contribution in [0, 0.1) is 17.9 Å². The van der Waals surface area contributed by atoms with Crippen LogP contribution in [0.4, 0.5) is 0 Å². The molecule has 3 heterocycles. The molecule has 1 aliphatic carbocycles. The highest BCUT2D eigenvalue weighted by atomic mass is 31.1. The fourth-order valence-corrected chi connectivity index (χ4v) is 5.15. The topological polar surface area (TPSA) is 9.23 Å². The van der Waals surface area contributed by atoms with Crippen molar-refractivity contribution in [2.75, 3.05) is 12.3 Å². The lowest BCUT2D eigenvalue weighted by atomic mass is 9.81. The Kier molecular flexibility index (Phi) is 1.17. The van der Waals surface area contributed by atoms with E-state index in [0.717, 1.165) is 11.8 Å². The van der Waals surface area contributed by atoms with E-state index in [1.54, 1.807) is 0 Å². The third kappa shape index (κ3) is 0.770. The summed E-state index contributed by atoms with van der Waals surface area (Å²) >= 11 is 0. The lowest BCUT2D eigenvalue weighted by molar-refractivity contribution is 0.155. The van der Waals surface area contributed by atoms with Gasteiger partial charge in [-0.15, -0.1) is 0 Å². The van der Waals surface area contributed by atoms with Crippen LogP contribution in [-0.4, -0.2) is 12.3 Å². The molecule has 3 aliphatic heterocycles. The van der Waals surface area contributed by atoms with Gasteiger partial charge in [-0.05, 0) is 43.4 Å². The number of hydrogen-bond acceptors (Lipinski definition) is 1. The van der Waals surface area contributed by atoms with Gasteiger partial charge in [-0.2, -0.15) is 0 Å². The molecule has 2 atom stereocenters. The monoisotopic (exact) mass is 155 g/mol. The zero-order chi connectivity index (χ0) is 6.55. The molecule has 3 saturated heterocycles. The number of hydrogen-bond donors (Lipinski definition) is 0. The molecular formula is C8H12OP. The van der Waals surface area contributed by atoms with Crippen LogP contribution in [0.2, 0.25) is 0 Å². The SMILES string of the molecule is C1[C]2CC3CC1CP(C3)O2. The van der Waals surface area contributed by atoms with Crippen molar-refractivity contribution >= 4 is 8.15 Å². The first-order chi connectivity index (χ1) is 4.90. The Morgan fingerprint density at radius 3 is 2.40 bits per heavy atom. The summed E-state index contributed by atoms with van der Waals surface area (Å²) in [5, 5.41) is 0. The average Bonchev–Trinajstić information content (AvgIpc) is 1.82. The summed E-state index contributed by atoms with van der Waals surface area (Å²) in [6.45, 7) is 0. The second-order valence-corrected chi connectivity index (χ2v) is 5.73. The quantitative estimate of drug-likeness (QED) is 0.488. The maximum atomic E-state index is 5.80. The average molecular weight is 155 g/mol. The Balaban J connectivity index is 1.90. The molecule has 2 heteroatoms. The fourth-order valence-electron chi connectivity index (χ4n) is 2.63. The molecule has 0 aromatic rings. The van der Waals surface area contributed by atoms with Gasteiger partial charge >= 0.3 is 0 Å². The van der Waals surface area contributed by atoms with Gasteiger partial charge in [0.1, 0.15) is 6.10 Å². The molecule has 4 fully saturated rings. The van der Waals surface area contributed by atoms with Gasteiger partial charge in [0.15, 0.2) is 0 Å². The van der Waals surface area contributed by atoms with E-state index in [1.807, 2.05) is 0 Å². The summed E-state index contributed by atoms with van der Waals surface area (Å²) in [5.74, 6) is 2.09. The first-order valence-electron chi connectivity index (χ1n) is 4.18. The molecule has 0 N–H and O–H groups in total. The summed E-state index contributed by atoms with van der Waals surface area (Å²) in [5.41, 5.74) is 0. The van der Waals surface area contributed by atoms with Gasteiger partial charge in [0, 0.05) is 8.15 Å². The second kappa shape index (κ2) is 1.95. The second-order valence-electron chi connectivity index (χ2n) is 3.85. The molecular weight excluding hydrogens is 143 g/mol. The van der Waals surface area contributed by atoms with E-state index < -0.39 is 0 Å². The van der Waals surface area contributed by atoms with Crippen LogP contribution < -0.4 is 0 Å². The summed E-state index contributed by atoms with van der Waals surface area (Å²) in [6.07, 6.45) is 8.46. The minimum Gasteiger partial charge on any atom is -0.350 e. The Labute approximate surface area is 63.0 Å². The van der Waals surface area contributed by atoms with Crippen molar-refractivity contribution in [3.63, 3.8) is 0 Å². The Bertz CT molecular complexity index is 101. The Hall–Kier alpha value is 0.390. The van der Waals surface area contributed by atoms with Crippen molar-refractivity contribution in [2.24, 2.45) is 11.8 Å². The van der Waals surface area contributed by atoms with Crippen LogP contribution >= 0.6 is 8.15 Å². The standard InChI is InChI=1S/C8H12OP/c1-6-2-8-3-7(1)5-10(4-6)9-8/h6-7H,1-5H2. The molecule has 2 unspecified atom stereocenters. The normalized spacial score (nSPS) is 52.2. The first kappa shape index (κ1) is 5.97. The molecule has 4 bridgehead atoms. The molecule has 4 rings (SSSR count). The Morgan fingerprint density at radius 1 is 1.20 bits per heavy atom. The summed E-state index contributed by atoms with van der Waals surface area (Å²) < 4.78 is 5.80. The van der Waals surface area contributed by atoms with Crippen LogP contribution in [0.3, 0.4) is 0 Å². The highest BCUT2D eigenvalue weighted by Crippen LogP contribution is 2.61. The van der Waals surface area contributed by atoms with Crippen molar-refractivity contribution in [1.82, 2.24) is 0 Å². The third-order valence-corrected chi connectivity index (χ3v) is 5.24. The minimum absolute atomic E-state index is 0.0513. The highest BCUT2D eigenvalue weighted by molar-refractivity contribution is 7.52. The predicted molar refractivity (Wildman–Crippen MR) is 41.8 cm³/mol. The van der Waals surface area contributed by atoms with E-state index >= 15 is 0 Å². The summed E-state index contributed by atoms with van der Waals surface area (Å²) in [4.78, 5) is 0. The molecule has 0 amide bonds.